The molecule has 12 rings (SSSR count). The van der Waals surface area contributed by atoms with Crippen LogP contribution in [-0.4, -0.2) is 213 Å². The molecule has 42 heteroatoms. The number of nitrogens with one attached hydrogen (secondary N) is 1. The number of methoxy groups -OCH3 is 2. The molecule has 3 amide bonds. The number of phenols is 10. The zero-order chi connectivity index (χ0) is 98.3. The van der Waals surface area contributed by atoms with Gasteiger partial charge in [-0.05, 0) is 154 Å². The van der Waals surface area contributed by atoms with Crippen molar-refractivity contribution in [1.29, 1.82) is 0 Å². The van der Waals surface area contributed by atoms with Gasteiger partial charge in [-0.2, -0.15) is 12.6 Å². The number of carboxylic acids is 2. The SMILES string of the molecule is C/C(=C(/CCOP(=O)(O)O)SC(=O)c1ccccc1)N(C=O)Cc1cnc(C)nc1N.CC(=O)N[C@@H](CS)C(=O)O.COc1cc(/C=C/C(=O)CC(=O)/C=C/c2ccc(O)c(OC)c2)ccc1O.O=C(/C=C/C=C/c1ccc2c(c1)OCO2)N1CCCCC1.O=C(O)CCCC[C@@H]1CCSS1.O=C(O[C@@H]1Cc2c(O)cc(O)cc2O[C@@H]1c1cc(O)c(O)c(O)c1)c1cc(O)c(O)c(O)c1. The van der Waals surface area contributed by atoms with E-state index in [1.165, 1.54) is 87.6 Å². The van der Waals surface area contributed by atoms with E-state index in [1.807, 2.05) is 56.8 Å². The van der Waals surface area contributed by atoms with Gasteiger partial charge in [0, 0.05) is 113 Å². The predicted octanol–water partition coefficient (Wildman–Crippen LogP) is 13.5. The molecule has 5 heterocycles. The Morgan fingerprint density at radius 3 is 1.84 bits per heavy atom. The van der Waals surface area contributed by atoms with Gasteiger partial charge in [-0.1, -0.05) is 107 Å². The molecule has 7 aromatic carbocycles. The number of hydrogen-bond donors (Lipinski definition) is 17. The van der Waals surface area contributed by atoms with Crippen molar-refractivity contribution in [2.75, 3.05) is 57.9 Å². The summed E-state index contributed by atoms with van der Waals surface area (Å²) in [4.78, 5) is 133. The van der Waals surface area contributed by atoms with Crippen LogP contribution in [0.25, 0.3) is 18.2 Å². The lowest BCUT2D eigenvalue weighted by molar-refractivity contribution is -0.140. The lowest BCUT2D eigenvalue weighted by Crippen LogP contribution is -2.40. The van der Waals surface area contributed by atoms with Gasteiger partial charge in [-0.3, -0.25) is 38.1 Å². The Bertz CT molecular complexity index is 5530. The first-order valence-electron chi connectivity index (χ1n) is 41.0. The number of unbranched alkanes of at least 4 members (excludes halogenated alkanes) is 1. The zero-order valence-corrected chi connectivity index (χ0v) is 77.3. The number of ether oxygens (including phenoxy) is 6. The van der Waals surface area contributed by atoms with Crippen molar-refractivity contribution in [3.05, 3.63) is 219 Å². The number of thioether (sulfide) groups is 1. The van der Waals surface area contributed by atoms with Gasteiger partial charge in [0.15, 0.2) is 86.7 Å². The number of aromatic nitrogens is 2. The lowest BCUT2D eigenvalue weighted by Gasteiger charge is -2.34. The third-order valence-corrected chi connectivity index (χ3v) is 24.5. The van der Waals surface area contributed by atoms with Gasteiger partial charge in [-0.25, -0.2) is 24.1 Å². The number of allylic oxidation sites excluding steroid dienone is 5. The molecular formula is C92H103N6O31PS4. The minimum Gasteiger partial charge on any atom is -0.508 e. The Balaban J connectivity index is 0.000000228. The Morgan fingerprint density at radius 1 is 0.694 bits per heavy atom. The number of benzene rings is 7. The molecule has 0 unspecified atom stereocenters. The number of aryl methyl sites for hydroxylation is 1. The summed E-state index contributed by atoms with van der Waals surface area (Å²) < 4.78 is 47.4. The number of carbonyl (C=O) groups excluding carboxylic acids is 7. The third kappa shape index (κ3) is 35.5. The molecule has 4 aliphatic rings. The molecule has 0 radical (unpaired) electrons. The number of phosphoric ester groups is 1. The standard InChI is InChI=1S/C22H18O11.C21H20O6.C19H23N4O6PS.C17H19NO3.C8H14O2S2.C5H9NO3S/c23-10-5-12(24)11-7-18(33-22(31)9-3-15(27)20(30)16(28)4-9)21(32-17(11)6-10)8-1-13(25)19(29)14(26)2-8;1-26-20-11-14(5-9-18(20)24)3-7-16(22)13-17(23)8-4-15-6-10-19(25)21(12-15)27-2;1-13(23(12-24)11-16-10-21-14(2)22-18(16)20)17(8-9-29-30(26,27)28)31-19(25)15-6-4-3-5-7-15;19-17(18-10-4-1-5-11-18)7-3-2-6-14-8-9-15-16(12-14)21-13-20-15;9-8(10)4-2-1-3-7-5-6-11-12-7;1-3(7)6-4(2-10)5(8)9/h1-6,18,21,23-30H,7H2;3-12,24-25H,13H2,1-2H3;3-7,10,12H,8-9,11H2,1-2H3,(H2,20,21,22)(H2,26,27,28);2-3,6-9,12H,1,4-5,10-11,13H2;7H,1-6H2,(H,9,10);4,10H,2H2,1H3,(H,6,7)(H,8,9)/b;7-3+,8-4+;17-13+;6-2+,7-3+;;/t18-,21-;;;;7-;4-/m1...10/s1. The smallest absolute Gasteiger partial charge is 0.469 e. The normalized spacial score (nSPS) is 15.0. The topological polar surface area (TPSA) is 589 Å². The first kappa shape index (κ1) is 107. The quantitative estimate of drug-likeness (QED) is 0.00178. The molecule has 2 fully saturated rings. The Hall–Kier alpha value is -13.5. The van der Waals surface area contributed by atoms with Gasteiger partial charge in [0.05, 0.1) is 39.4 Å². The highest BCUT2D eigenvalue weighted by atomic mass is 33.1. The zero-order valence-electron chi connectivity index (χ0n) is 73.0. The van der Waals surface area contributed by atoms with Crippen LogP contribution in [0.1, 0.15) is 144 Å². The van der Waals surface area contributed by atoms with E-state index >= 15 is 0 Å². The van der Waals surface area contributed by atoms with Crippen molar-refractivity contribution >= 4 is 131 Å². The van der Waals surface area contributed by atoms with Crippen LogP contribution in [0.2, 0.25) is 0 Å². The van der Waals surface area contributed by atoms with Crippen molar-refractivity contribution in [2.45, 2.75) is 121 Å². The van der Waals surface area contributed by atoms with Crippen LogP contribution >= 0.6 is 53.8 Å². The molecule has 37 nitrogen and oxygen atoms in total. The van der Waals surface area contributed by atoms with Crippen LogP contribution in [0, 0.1) is 6.92 Å². The summed E-state index contributed by atoms with van der Waals surface area (Å²) in [5.41, 5.74) is 9.62. The van der Waals surface area contributed by atoms with E-state index in [9.17, 15) is 98.8 Å². The van der Waals surface area contributed by atoms with Crippen LogP contribution in [-0.2, 0) is 60.4 Å². The number of carboxylic acid groups (broad SMARTS) is 2. The summed E-state index contributed by atoms with van der Waals surface area (Å²) in [5, 5.41) is 117. The highest BCUT2D eigenvalue weighted by molar-refractivity contribution is 8.77. The molecule has 0 saturated carbocycles. The van der Waals surface area contributed by atoms with Crippen LogP contribution in [0.4, 0.5) is 5.82 Å². The van der Waals surface area contributed by atoms with E-state index < -0.39 is 78.5 Å². The molecule has 4 aliphatic heterocycles. The van der Waals surface area contributed by atoms with Crippen LogP contribution in [0.3, 0.4) is 0 Å². The van der Waals surface area contributed by atoms with Gasteiger partial charge in [0.1, 0.15) is 41.0 Å². The van der Waals surface area contributed by atoms with Gasteiger partial charge in [0.25, 0.3) is 0 Å². The summed E-state index contributed by atoms with van der Waals surface area (Å²) in [6.45, 7) is 6.35. The number of ketones is 2. The van der Waals surface area contributed by atoms with Crippen molar-refractivity contribution in [1.82, 2.24) is 25.1 Å². The average molecular weight is 1950 g/mol. The van der Waals surface area contributed by atoms with Crippen molar-refractivity contribution in [2.24, 2.45) is 0 Å². The molecular weight excluding hydrogens is 1840 g/mol. The summed E-state index contributed by atoms with van der Waals surface area (Å²) in [6.07, 6.45) is 20.5. The molecule has 716 valence electrons. The molecule has 1 aromatic heterocycles. The minimum atomic E-state index is -4.67. The minimum absolute atomic E-state index is 0.00437. The highest BCUT2D eigenvalue weighted by Crippen LogP contribution is 2.47. The largest absolute Gasteiger partial charge is 0.508 e. The molecule has 4 atom stereocenters. The number of nitrogen functional groups attached to an aromatic ring is 1. The van der Waals surface area contributed by atoms with E-state index in [2.05, 4.69) is 32.4 Å². The van der Waals surface area contributed by atoms with Crippen molar-refractivity contribution in [3.63, 3.8) is 0 Å². The maximum absolute atomic E-state index is 12.7. The molecule has 134 heavy (non-hydrogen) atoms. The van der Waals surface area contributed by atoms with Crippen molar-refractivity contribution in [3.8, 4) is 86.2 Å². The number of nitrogens with two attached hydrogens (primary N) is 1. The molecule has 0 aliphatic carbocycles. The number of aliphatic carboxylic acids is 2. The fourth-order valence-corrected chi connectivity index (χ4v) is 17.1. The van der Waals surface area contributed by atoms with Gasteiger partial charge >= 0.3 is 25.7 Å². The Kier molecular flexibility index (Phi) is 43.2. The number of anilines is 1. The number of phosphoric acid groups is 1. The third-order valence-electron chi connectivity index (χ3n) is 19.4. The molecule has 8 aromatic rings. The van der Waals surface area contributed by atoms with E-state index in [1.54, 1.807) is 92.7 Å². The number of esters is 1. The Morgan fingerprint density at radius 2 is 1.29 bits per heavy atom. The number of likely N-dealkylation sites (tertiary alicyclic amines) is 1. The molecule has 0 bridgehead atoms. The number of fused-ring (bicyclic) bond motifs is 2. The van der Waals surface area contributed by atoms with E-state index in [0.29, 0.717) is 63.0 Å². The Labute approximate surface area is 787 Å². The van der Waals surface area contributed by atoms with Crippen LogP contribution in [0.15, 0.2) is 169 Å². The monoisotopic (exact) mass is 1950 g/mol. The number of phenolic OH excluding ortho intramolecular Hbond substituents is 10. The number of aromatic hydroxyl groups is 10. The molecule has 0 spiro atoms. The van der Waals surface area contributed by atoms with E-state index in [0.717, 1.165) is 103 Å². The number of piperidine rings is 1. The molecule has 17 N–H and O–H groups in total. The summed E-state index contributed by atoms with van der Waals surface area (Å²) in [5.74, 6) is -4.48. The maximum Gasteiger partial charge on any atom is 0.469 e. The summed E-state index contributed by atoms with van der Waals surface area (Å²) >= 11 is 4.60. The van der Waals surface area contributed by atoms with Gasteiger partial charge in [-0.15, -0.1) is 0 Å². The summed E-state index contributed by atoms with van der Waals surface area (Å²) in [6, 6.07) is 28.9. The highest BCUT2D eigenvalue weighted by Gasteiger charge is 2.38. The van der Waals surface area contributed by atoms with Crippen LogP contribution in [0.5, 0.6) is 86.2 Å². The predicted molar refractivity (Wildman–Crippen MR) is 502 cm³/mol. The number of rotatable bonds is 32. The average Bonchev–Trinajstić information content (AvgIpc) is 0.875. The fourth-order valence-electron chi connectivity index (χ4n) is 12.5. The number of carbonyl (C=O) groups is 9. The van der Waals surface area contributed by atoms with Crippen molar-refractivity contribution < 1.29 is 152 Å². The van der Waals surface area contributed by atoms with Gasteiger partial charge in [0.2, 0.25) is 30.1 Å². The van der Waals surface area contributed by atoms with Crippen LogP contribution < -0.4 is 34.7 Å². The summed E-state index contributed by atoms with van der Waals surface area (Å²) in [7, 11) is 2.11. The second kappa shape index (κ2) is 53.8. The number of thiol groups is 1. The maximum atomic E-state index is 12.7. The number of hydrogen-bond acceptors (Lipinski definition) is 34. The number of nitrogens with zero attached hydrogens (tertiary/aromatic N) is 4. The van der Waals surface area contributed by atoms with E-state index in [4.69, 9.17) is 54.2 Å². The first-order valence-corrected chi connectivity index (χ1v) is 46.3. The first-order chi connectivity index (χ1) is 63.8. The second-order valence-electron chi connectivity index (χ2n) is 29.4. The van der Waals surface area contributed by atoms with E-state index in [-0.39, 0.29) is 125 Å². The lowest BCUT2D eigenvalue weighted by atomic mass is 9.93. The fraction of sp³-hybridized carbons (Fsp3) is 0.293. The second-order valence-corrected chi connectivity index (χ2v) is 34.9. The number of amides is 3. The van der Waals surface area contributed by atoms with Gasteiger partial charge < -0.3 is 120 Å². The molecule has 2 saturated heterocycles.